The smallest absolute Gasteiger partial charge is 0.303 e. The van der Waals surface area contributed by atoms with Gasteiger partial charge in [0.1, 0.15) is 5.84 Å². The van der Waals surface area contributed by atoms with Gasteiger partial charge in [-0.05, 0) is 19.3 Å². The molecule has 0 saturated heterocycles. The first kappa shape index (κ1) is 28.2. The number of hydrazine groups is 2. The van der Waals surface area contributed by atoms with Gasteiger partial charge in [0.25, 0.3) is 0 Å². The molecule has 0 radical (unpaired) electrons. The molecular formula is C21H41N5O5S. The maximum atomic E-state index is 11.7. The molecule has 5 N–H and O–H groups in total. The lowest BCUT2D eigenvalue weighted by molar-refractivity contribution is -0.137. The first-order valence-electron chi connectivity index (χ1n) is 12.0. The lowest BCUT2D eigenvalue weighted by atomic mass is 10.0. The summed E-state index contributed by atoms with van der Waals surface area (Å²) < 4.78 is 25.4. The van der Waals surface area contributed by atoms with Gasteiger partial charge in [-0.25, -0.2) is 14.0 Å². The second-order valence-corrected chi connectivity index (χ2v) is 10.2. The van der Waals surface area contributed by atoms with Gasteiger partial charge in [0.15, 0.2) is 0 Å². The van der Waals surface area contributed by atoms with Crippen molar-refractivity contribution in [3.05, 3.63) is 0 Å². The molecule has 0 fully saturated rings. The van der Waals surface area contributed by atoms with Gasteiger partial charge in [-0.3, -0.25) is 19.7 Å². The second-order valence-electron chi connectivity index (χ2n) is 8.36. The van der Waals surface area contributed by atoms with Crippen molar-refractivity contribution >= 4 is 27.7 Å². The summed E-state index contributed by atoms with van der Waals surface area (Å²) in [5, 5.41) is 12.6. The minimum absolute atomic E-state index is 0.00253. The molecule has 0 aromatic rings. The molecule has 0 aromatic carbocycles. The van der Waals surface area contributed by atoms with Crippen molar-refractivity contribution in [3.8, 4) is 0 Å². The van der Waals surface area contributed by atoms with Crippen molar-refractivity contribution in [3.63, 3.8) is 0 Å². The molecule has 1 heterocycles. The number of rotatable bonds is 21. The largest absolute Gasteiger partial charge is 0.481 e. The van der Waals surface area contributed by atoms with E-state index in [0.29, 0.717) is 6.42 Å². The molecule has 186 valence electrons. The average Bonchev–Trinajstić information content (AvgIpc) is 3.23. The molecule has 0 aliphatic carbocycles. The number of hydrazone groups is 1. The van der Waals surface area contributed by atoms with E-state index >= 15 is 0 Å². The van der Waals surface area contributed by atoms with E-state index in [-0.39, 0.29) is 25.0 Å². The van der Waals surface area contributed by atoms with E-state index in [1.54, 1.807) is 0 Å². The number of carbonyl (C=O) groups is 2. The van der Waals surface area contributed by atoms with Crippen LogP contribution in [0.25, 0.3) is 0 Å². The Labute approximate surface area is 192 Å². The number of sulfonamides is 1. The van der Waals surface area contributed by atoms with Gasteiger partial charge in [0, 0.05) is 19.3 Å². The fourth-order valence-corrected chi connectivity index (χ4v) is 4.63. The van der Waals surface area contributed by atoms with Crippen molar-refractivity contribution in [2.45, 2.75) is 109 Å². The molecule has 1 aliphatic rings. The molecule has 0 saturated carbocycles. The molecule has 11 heteroatoms. The molecule has 32 heavy (non-hydrogen) atoms. The van der Waals surface area contributed by atoms with Crippen LogP contribution in [0.15, 0.2) is 5.10 Å². The predicted octanol–water partition coefficient (Wildman–Crippen LogP) is 3.07. The first-order valence-corrected chi connectivity index (χ1v) is 13.6. The summed E-state index contributed by atoms with van der Waals surface area (Å²) >= 11 is 0. The van der Waals surface area contributed by atoms with E-state index in [0.717, 1.165) is 31.5 Å². The third kappa shape index (κ3) is 16.8. The van der Waals surface area contributed by atoms with Crippen LogP contribution in [0.2, 0.25) is 0 Å². The zero-order valence-corrected chi connectivity index (χ0v) is 20.0. The van der Waals surface area contributed by atoms with Crippen LogP contribution in [0.5, 0.6) is 0 Å². The Hall–Kier alpha value is -1.88. The monoisotopic (exact) mass is 475 g/mol. The number of hydrogen-bond donors (Lipinski definition) is 5. The Morgan fingerprint density at radius 3 is 1.81 bits per heavy atom. The van der Waals surface area contributed by atoms with Crippen molar-refractivity contribution in [2.75, 3.05) is 5.75 Å². The number of unbranched alkanes of at least 4 members (excludes halogenated alkanes) is 12. The lowest BCUT2D eigenvalue weighted by Gasteiger charge is -2.06. The molecule has 0 spiro atoms. The molecule has 0 unspecified atom stereocenters. The van der Waals surface area contributed by atoms with Crippen LogP contribution in [0.3, 0.4) is 0 Å². The maximum Gasteiger partial charge on any atom is 0.303 e. The van der Waals surface area contributed by atoms with E-state index in [9.17, 15) is 18.0 Å². The number of hydrogen-bond acceptors (Lipinski definition) is 8. The van der Waals surface area contributed by atoms with Crippen LogP contribution in [-0.4, -0.2) is 37.0 Å². The topological polar surface area (TPSA) is 149 Å². The highest BCUT2D eigenvalue weighted by atomic mass is 32.2. The Morgan fingerprint density at radius 2 is 1.31 bits per heavy atom. The van der Waals surface area contributed by atoms with Crippen molar-refractivity contribution < 1.29 is 23.1 Å². The zero-order chi connectivity index (χ0) is 23.5. The Bertz CT molecular complexity index is 669. The summed E-state index contributed by atoms with van der Waals surface area (Å²) in [6.45, 7) is 0. The number of carboxylic acid groups (broad SMARTS) is 1. The molecule has 0 aromatic heterocycles. The number of aliphatic carboxylic acids is 1. The number of amides is 1. The number of carbonyl (C=O) groups excluding carboxylic acids is 1. The lowest BCUT2D eigenvalue weighted by Crippen LogP contribution is -2.34. The SMILES string of the molecule is O=C(O)CCCS(=O)(=O)NC(=O)CCCCCCCCCCCCCCCC1=NNNN1. The van der Waals surface area contributed by atoms with E-state index in [4.69, 9.17) is 5.11 Å². The summed E-state index contributed by atoms with van der Waals surface area (Å²) in [4.78, 5) is 22.1. The normalized spacial score (nSPS) is 13.3. The van der Waals surface area contributed by atoms with Crippen LogP contribution in [0, 0.1) is 0 Å². The van der Waals surface area contributed by atoms with Crippen LogP contribution in [-0.2, 0) is 19.6 Å². The van der Waals surface area contributed by atoms with Crippen LogP contribution in [0.1, 0.15) is 109 Å². The van der Waals surface area contributed by atoms with Crippen LogP contribution < -0.4 is 21.2 Å². The molecule has 0 bridgehead atoms. The van der Waals surface area contributed by atoms with Gasteiger partial charge in [-0.15, -0.1) is 10.6 Å². The summed E-state index contributed by atoms with van der Waals surface area (Å²) in [5.74, 6) is -0.906. The summed E-state index contributed by atoms with van der Waals surface area (Å²) in [6, 6.07) is 0. The zero-order valence-electron chi connectivity index (χ0n) is 19.2. The Morgan fingerprint density at radius 1 is 0.781 bits per heavy atom. The van der Waals surface area contributed by atoms with Gasteiger partial charge < -0.3 is 5.11 Å². The molecule has 1 amide bonds. The number of nitrogens with one attached hydrogen (secondary N) is 4. The minimum atomic E-state index is -3.72. The third-order valence-electron chi connectivity index (χ3n) is 5.34. The standard InChI is InChI=1S/C21H41N5O5S/c27-20(24-32(30,31)18-14-17-21(28)29)16-13-11-9-7-5-3-1-2-4-6-8-10-12-15-19-22-25-26-23-19/h25-26H,1-18H2,(H,22,23)(H,24,27)(H,28,29). The van der Waals surface area contributed by atoms with E-state index < -0.39 is 21.9 Å². The Kier molecular flexibility index (Phi) is 15.5. The highest BCUT2D eigenvalue weighted by Gasteiger charge is 2.14. The summed E-state index contributed by atoms with van der Waals surface area (Å²) in [7, 11) is -3.72. The fraction of sp³-hybridized carbons (Fsp3) is 0.857. The van der Waals surface area contributed by atoms with Crippen molar-refractivity contribution in [1.82, 2.24) is 21.2 Å². The molecular weight excluding hydrogens is 434 g/mol. The van der Waals surface area contributed by atoms with Gasteiger partial charge in [0.05, 0.1) is 5.75 Å². The van der Waals surface area contributed by atoms with Gasteiger partial charge in [-0.2, -0.15) is 0 Å². The number of amidine groups is 1. The molecule has 10 nitrogen and oxygen atoms in total. The third-order valence-corrected chi connectivity index (χ3v) is 6.71. The minimum Gasteiger partial charge on any atom is -0.481 e. The predicted molar refractivity (Wildman–Crippen MR) is 125 cm³/mol. The van der Waals surface area contributed by atoms with Gasteiger partial charge >= 0.3 is 5.97 Å². The Balaban J connectivity index is 1.81. The van der Waals surface area contributed by atoms with Crippen molar-refractivity contribution in [1.29, 1.82) is 0 Å². The van der Waals surface area contributed by atoms with Crippen LogP contribution in [0.4, 0.5) is 0 Å². The van der Waals surface area contributed by atoms with Gasteiger partial charge in [-0.1, -0.05) is 70.6 Å². The number of nitrogens with zero attached hydrogens (tertiary/aromatic N) is 1. The van der Waals surface area contributed by atoms with E-state index in [1.165, 1.54) is 57.8 Å². The average molecular weight is 476 g/mol. The number of carboxylic acids is 1. The first-order chi connectivity index (χ1) is 15.4. The van der Waals surface area contributed by atoms with Crippen LogP contribution >= 0.6 is 0 Å². The second kappa shape index (κ2) is 17.6. The van der Waals surface area contributed by atoms with E-state index in [2.05, 4.69) is 21.6 Å². The summed E-state index contributed by atoms with van der Waals surface area (Å²) in [5.41, 5.74) is 8.37. The van der Waals surface area contributed by atoms with Crippen molar-refractivity contribution in [2.24, 2.45) is 5.10 Å². The van der Waals surface area contributed by atoms with Gasteiger partial charge in [0.2, 0.25) is 15.9 Å². The quantitative estimate of drug-likeness (QED) is 0.159. The highest BCUT2D eigenvalue weighted by molar-refractivity contribution is 7.90. The maximum absolute atomic E-state index is 11.7. The molecule has 1 aliphatic heterocycles. The van der Waals surface area contributed by atoms with E-state index in [1.807, 2.05) is 4.72 Å². The highest BCUT2D eigenvalue weighted by Crippen LogP contribution is 2.13. The molecule has 0 atom stereocenters. The molecule has 1 rings (SSSR count). The summed E-state index contributed by atoms with van der Waals surface area (Å²) in [6.07, 6.45) is 16.1. The fourth-order valence-electron chi connectivity index (χ4n) is 3.55.